The molecule has 1 aromatic carbocycles. The van der Waals surface area contributed by atoms with Crippen molar-refractivity contribution in [2.75, 3.05) is 36.5 Å². The highest BCUT2D eigenvalue weighted by atomic mass is 16.5. The van der Waals surface area contributed by atoms with Crippen LogP contribution in [0.25, 0.3) is 0 Å². The van der Waals surface area contributed by atoms with Gasteiger partial charge in [-0.15, -0.1) is 0 Å². The van der Waals surface area contributed by atoms with Crippen molar-refractivity contribution in [3.8, 4) is 0 Å². The fraction of sp³-hybridized carbons (Fsp3) is 0.533. The van der Waals surface area contributed by atoms with Crippen LogP contribution in [-0.2, 0) is 9.53 Å². The first-order chi connectivity index (χ1) is 9.69. The number of rotatable bonds is 5. The first-order valence-electron chi connectivity index (χ1n) is 7.11. The Bertz CT molecular complexity index is 425. The Morgan fingerprint density at radius 1 is 1.35 bits per heavy atom. The number of hydrogen-bond acceptors (Lipinski definition) is 5. The molecule has 0 saturated carbocycles. The predicted octanol–water partition coefficient (Wildman–Crippen LogP) is 1.62. The number of benzene rings is 1. The number of esters is 1. The second-order valence-corrected chi connectivity index (χ2v) is 4.92. The molecule has 5 heteroatoms. The predicted molar refractivity (Wildman–Crippen MR) is 79.0 cm³/mol. The Labute approximate surface area is 119 Å². The average molecular weight is 278 g/mol. The van der Waals surface area contributed by atoms with E-state index in [0.717, 1.165) is 37.3 Å². The minimum Gasteiger partial charge on any atom is -0.465 e. The normalized spacial score (nSPS) is 16.0. The number of hydrogen-bond donors (Lipinski definition) is 2. The summed E-state index contributed by atoms with van der Waals surface area (Å²) in [6, 6.07) is 7.98. The molecule has 2 N–H and O–H groups in total. The lowest BCUT2D eigenvalue weighted by atomic mass is 10.1. The third-order valence-corrected chi connectivity index (χ3v) is 3.44. The lowest BCUT2D eigenvalue weighted by molar-refractivity contribution is -0.140. The standard InChI is InChI=1S/C15H22N2O3/c1-2-20-15(19)11-16-12-3-5-13(6-4-12)17-9-7-14(18)8-10-17/h3-6,14,16,18H,2,7-11H2,1H3. The summed E-state index contributed by atoms with van der Waals surface area (Å²) in [5.74, 6) is -0.249. The maximum absolute atomic E-state index is 11.2. The summed E-state index contributed by atoms with van der Waals surface area (Å²) in [6.07, 6.45) is 1.49. The van der Waals surface area contributed by atoms with Gasteiger partial charge in [0.2, 0.25) is 0 Å². The highest BCUT2D eigenvalue weighted by Crippen LogP contribution is 2.21. The van der Waals surface area contributed by atoms with Crippen LogP contribution in [0.15, 0.2) is 24.3 Å². The maximum Gasteiger partial charge on any atom is 0.325 e. The zero-order chi connectivity index (χ0) is 14.4. The lowest BCUT2D eigenvalue weighted by Gasteiger charge is -2.31. The van der Waals surface area contributed by atoms with Crippen molar-refractivity contribution < 1.29 is 14.6 Å². The highest BCUT2D eigenvalue weighted by Gasteiger charge is 2.16. The van der Waals surface area contributed by atoms with Crippen LogP contribution in [0.2, 0.25) is 0 Å². The summed E-state index contributed by atoms with van der Waals surface area (Å²) in [7, 11) is 0. The van der Waals surface area contributed by atoms with Crippen LogP contribution in [0.3, 0.4) is 0 Å². The van der Waals surface area contributed by atoms with Gasteiger partial charge in [-0.1, -0.05) is 0 Å². The molecule has 2 rings (SSSR count). The molecule has 1 saturated heterocycles. The van der Waals surface area contributed by atoms with Crippen LogP contribution >= 0.6 is 0 Å². The first kappa shape index (κ1) is 14.7. The third-order valence-electron chi connectivity index (χ3n) is 3.44. The van der Waals surface area contributed by atoms with Crippen molar-refractivity contribution in [3.63, 3.8) is 0 Å². The summed E-state index contributed by atoms with van der Waals surface area (Å²) < 4.78 is 4.86. The monoisotopic (exact) mass is 278 g/mol. The van der Waals surface area contributed by atoms with Gasteiger partial charge in [0.15, 0.2) is 0 Å². The number of anilines is 2. The number of piperidine rings is 1. The fourth-order valence-electron chi connectivity index (χ4n) is 2.30. The van der Waals surface area contributed by atoms with E-state index in [0.29, 0.717) is 6.61 Å². The summed E-state index contributed by atoms with van der Waals surface area (Å²) in [4.78, 5) is 13.5. The van der Waals surface area contributed by atoms with Crippen LogP contribution in [0.1, 0.15) is 19.8 Å². The van der Waals surface area contributed by atoms with Gasteiger partial charge in [0, 0.05) is 24.5 Å². The van der Waals surface area contributed by atoms with Crippen LogP contribution in [0.5, 0.6) is 0 Å². The van der Waals surface area contributed by atoms with E-state index >= 15 is 0 Å². The SMILES string of the molecule is CCOC(=O)CNc1ccc(N2CCC(O)CC2)cc1. The van der Waals surface area contributed by atoms with Crippen molar-refractivity contribution in [2.24, 2.45) is 0 Å². The average Bonchev–Trinajstić information content (AvgIpc) is 2.47. The fourth-order valence-corrected chi connectivity index (χ4v) is 2.30. The van der Waals surface area contributed by atoms with E-state index in [1.807, 2.05) is 24.3 Å². The number of ether oxygens (including phenoxy) is 1. The zero-order valence-corrected chi connectivity index (χ0v) is 11.8. The molecule has 0 unspecified atom stereocenters. The molecule has 0 radical (unpaired) electrons. The molecule has 1 aliphatic heterocycles. The van der Waals surface area contributed by atoms with Crippen molar-refractivity contribution in [2.45, 2.75) is 25.9 Å². The second-order valence-electron chi connectivity index (χ2n) is 4.92. The molecular formula is C15H22N2O3. The molecule has 5 nitrogen and oxygen atoms in total. The molecule has 0 aromatic heterocycles. The van der Waals surface area contributed by atoms with Crippen molar-refractivity contribution >= 4 is 17.3 Å². The molecule has 110 valence electrons. The van der Waals surface area contributed by atoms with Gasteiger partial charge in [-0.3, -0.25) is 4.79 Å². The zero-order valence-electron chi connectivity index (χ0n) is 11.8. The minimum atomic E-state index is -0.249. The van der Waals surface area contributed by atoms with E-state index in [2.05, 4.69) is 10.2 Å². The van der Waals surface area contributed by atoms with Gasteiger partial charge in [0.1, 0.15) is 6.54 Å². The number of carbonyl (C=O) groups is 1. The van der Waals surface area contributed by atoms with Crippen molar-refractivity contribution in [1.29, 1.82) is 0 Å². The van der Waals surface area contributed by atoms with Crippen LogP contribution in [0.4, 0.5) is 11.4 Å². The summed E-state index contributed by atoms with van der Waals surface area (Å²) >= 11 is 0. The largest absolute Gasteiger partial charge is 0.465 e. The van der Waals surface area contributed by atoms with Crippen LogP contribution in [-0.4, -0.2) is 43.4 Å². The number of aliphatic hydroxyl groups excluding tert-OH is 1. The molecule has 1 heterocycles. The second kappa shape index (κ2) is 7.14. The third kappa shape index (κ3) is 4.13. The molecule has 1 fully saturated rings. The van der Waals surface area contributed by atoms with Gasteiger partial charge < -0.3 is 20.1 Å². The Hall–Kier alpha value is -1.75. The Morgan fingerprint density at radius 2 is 2.00 bits per heavy atom. The van der Waals surface area contributed by atoms with Gasteiger partial charge in [-0.25, -0.2) is 0 Å². The summed E-state index contributed by atoms with van der Waals surface area (Å²) in [5.41, 5.74) is 2.05. The molecule has 0 spiro atoms. The molecule has 0 amide bonds. The molecule has 1 aliphatic rings. The maximum atomic E-state index is 11.2. The van der Waals surface area contributed by atoms with Gasteiger partial charge in [0.25, 0.3) is 0 Å². The van der Waals surface area contributed by atoms with E-state index in [1.54, 1.807) is 6.92 Å². The van der Waals surface area contributed by atoms with E-state index < -0.39 is 0 Å². The Morgan fingerprint density at radius 3 is 2.60 bits per heavy atom. The van der Waals surface area contributed by atoms with Gasteiger partial charge in [-0.2, -0.15) is 0 Å². The molecule has 0 atom stereocenters. The Balaban J connectivity index is 1.85. The minimum absolute atomic E-state index is 0.156. The van der Waals surface area contributed by atoms with Crippen molar-refractivity contribution in [1.82, 2.24) is 0 Å². The first-order valence-corrected chi connectivity index (χ1v) is 7.11. The summed E-state index contributed by atoms with van der Waals surface area (Å²) in [6.45, 7) is 4.15. The van der Waals surface area contributed by atoms with E-state index in [9.17, 15) is 9.90 Å². The molecule has 20 heavy (non-hydrogen) atoms. The number of nitrogens with zero attached hydrogens (tertiary/aromatic N) is 1. The van der Waals surface area contributed by atoms with E-state index in [1.165, 1.54) is 0 Å². The topological polar surface area (TPSA) is 61.8 Å². The quantitative estimate of drug-likeness (QED) is 0.802. The van der Waals surface area contributed by atoms with E-state index in [4.69, 9.17) is 4.74 Å². The van der Waals surface area contributed by atoms with Crippen LogP contribution in [0, 0.1) is 0 Å². The Kier molecular flexibility index (Phi) is 5.24. The number of nitrogens with one attached hydrogen (secondary N) is 1. The van der Waals surface area contributed by atoms with Gasteiger partial charge in [0.05, 0.1) is 12.7 Å². The highest BCUT2D eigenvalue weighted by molar-refractivity contribution is 5.75. The van der Waals surface area contributed by atoms with E-state index in [-0.39, 0.29) is 18.6 Å². The summed E-state index contributed by atoms with van der Waals surface area (Å²) in [5, 5.41) is 12.5. The molecule has 0 aliphatic carbocycles. The number of carbonyl (C=O) groups excluding carboxylic acids is 1. The molecular weight excluding hydrogens is 256 g/mol. The van der Waals surface area contributed by atoms with Gasteiger partial charge >= 0.3 is 5.97 Å². The van der Waals surface area contributed by atoms with Crippen molar-refractivity contribution in [3.05, 3.63) is 24.3 Å². The van der Waals surface area contributed by atoms with Gasteiger partial charge in [-0.05, 0) is 44.0 Å². The lowest BCUT2D eigenvalue weighted by Crippen LogP contribution is -2.35. The molecule has 0 bridgehead atoms. The smallest absolute Gasteiger partial charge is 0.325 e. The van der Waals surface area contributed by atoms with Crippen LogP contribution < -0.4 is 10.2 Å². The molecule has 1 aromatic rings. The number of aliphatic hydroxyl groups is 1.